The van der Waals surface area contributed by atoms with Gasteiger partial charge in [0.2, 0.25) is 0 Å². The molecule has 100 valence electrons. The van der Waals surface area contributed by atoms with Gasteiger partial charge in [-0.15, -0.1) is 0 Å². The first-order chi connectivity index (χ1) is 7.93. The van der Waals surface area contributed by atoms with Crippen molar-refractivity contribution < 1.29 is 14.6 Å². The maximum atomic E-state index is 11.3. The molecule has 0 aromatic heterocycles. The van der Waals surface area contributed by atoms with Crippen molar-refractivity contribution in [2.24, 2.45) is 0 Å². The minimum absolute atomic E-state index is 0.0658. The molecule has 1 fully saturated rings. The zero-order valence-electron chi connectivity index (χ0n) is 11.0. The fourth-order valence-electron chi connectivity index (χ4n) is 1.84. The third-order valence-electron chi connectivity index (χ3n) is 3.32. The lowest BCUT2D eigenvalue weighted by molar-refractivity contribution is 0.0123. The van der Waals surface area contributed by atoms with E-state index in [0.717, 1.165) is 32.1 Å². The zero-order valence-corrected chi connectivity index (χ0v) is 11.0. The Morgan fingerprint density at radius 1 is 1.53 bits per heavy atom. The van der Waals surface area contributed by atoms with Crippen molar-refractivity contribution in [3.63, 3.8) is 0 Å². The third-order valence-corrected chi connectivity index (χ3v) is 3.32. The Balaban J connectivity index is 2.17. The topological polar surface area (TPSA) is 70.6 Å². The molecule has 1 unspecified atom stereocenters. The van der Waals surface area contributed by atoms with E-state index in [1.165, 1.54) is 0 Å². The highest BCUT2D eigenvalue weighted by atomic mass is 16.6. The summed E-state index contributed by atoms with van der Waals surface area (Å²) in [6.07, 6.45) is 3.53. The SMILES string of the molecule is CCC(C)OC(=O)NNC1CCC(C)(O)CC1. The Hall–Kier alpha value is -0.810. The molecule has 0 heterocycles. The molecule has 0 aromatic rings. The van der Waals surface area contributed by atoms with Gasteiger partial charge in [-0.25, -0.2) is 10.2 Å². The van der Waals surface area contributed by atoms with Gasteiger partial charge in [-0.3, -0.25) is 5.43 Å². The molecule has 0 bridgehead atoms. The summed E-state index contributed by atoms with van der Waals surface area (Å²) in [5.74, 6) is 0. The number of amides is 1. The van der Waals surface area contributed by atoms with Gasteiger partial charge < -0.3 is 9.84 Å². The highest BCUT2D eigenvalue weighted by Crippen LogP contribution is 2.27. The van der Waals surface area contributed by atoms with Crippen molar-refractivity contribution in [1.29, 1.82) is 0 Å². The van der Waals surface area contributed by atoms with Crippen molar-refractivity contribution in [2.75, 3.05) is 0 Å². The van der Waals surface area contributed by atoms with Crippen LogP contribution in [0.1, 0.15) is 52.9 Å². The molecule has 0 saturated heterocycles. The first-order valence-corrected chi connectivity index (χ1v) is 6.37. The molecule has 3 N–H and O–H groups in total. The van der Waals surface area contributed by atoms with E-state index >= 15 is 0 Å². The summed E-state index contributed by atoms with van der Waals surface area (Å²) >= 11 is 0. The van der Waals surface area contributed by atoms with Crippen LogP contribution in [0.2, 0.25) is 0 Å². The molecule has 1 saturated carbocycles. The smallest absolute Gasteiger partial charge is 0.421 e. The van der Waals surface area contributed by atoms with E-state index in [9.17, 15) is 9.90 Å². The Kier molecular flexibility index (Phi) is 5.21. The van der Waals surface area contributed by atoms with Crippen LogP contribution in [0.15, 0.2) is 0 Å². The number of carbonyl (C=O) groups is 1. The third kappa shape index (κ3) is 5.37. The molecule has 0 aromatic carbocycles. The summed E-state index contributed by atoms with van der Waals surface area (Å²) < 4.78 is 5.07. The second-order valence-corrected chi connectivity index (χ2v) is 5.16. The molecule has 0 radical (unpaired) electrons. The zero-order chi connectivity index (χ0) is 12.9. The van der Waals surface area contributed by atoms with Gasteiger partial charge >= 0.3 is 6.09 Å². The van der Waals surface area contributed by atoms with Crippen molar-refractivity contribution in [3.8, 4) is 0 Å². The fourth-order valence-corrected chi connectivity index (χ4v) is 1.84. The molecule has 5 heteroatoms. The molecule has 1 aliphatic rings. The van der Waals surface area contributed by atoms with Gasteiger partial charge in [0.25, 0.3) is 0 Å². The van der Waals surface area contributed by atoms with E-state index in [1.54, 1.807) is 0 Å². The second-order valence-electron chi connectivity index (χ2n) is 5.16. The van der Waals surface area contributed by atoms with Gasteiger partial charge in [-0.2, -0.15) is 0 Å². The fraction of sp³-hybridized carbons (Fsp3) is 0.917. The summed E-state index contributed by atoms with van der Waals surface area (Å²) in [4.78, 5) is 11.3. The van der Waals surface area contributed by atoms with Crippen LogP contribution in [0.3, 0.4) is 0 Å². The Labute approximate surface area is 103 Å². The maximum Gasteiger partial charge on any atom is 0.421 e. The normalized spacial score (nSPS) is 30.7. The van der Waals surface area contributed by atoms with Crippen LogP contribution in [-0.4, -0.2) is 28.9 Å². The molecule has 1 aliphatic carbocycles. The van der Waals surface area contributed by atoms with Crippen molar-refractivity contribution in [2.45, 2.75) is 70.6 Å². The lowest BCUT2D eigenvalue weighted by atomic mass is 9.84. The van der Waals surface area contributed by atoms with Gasteiger partial charge in [0.05, 0.1) is 5.60 Å². The van der Waals surface area contributed by atoms with Crippen LogP contribution in [0, 0.1) is 0 Å². The summed E-state index contributed by atoms with van der Waals surface area (Å²) in [6, 6.07) is 0.222. The highest BCUT2D eigenvalue weighted by Gasteiger charge is 2.28. The van der Waals surface area contributed by atoms with E-state index in [-0.39, 0.29) is 12.1 Å². The predicted octanol–water partition coefficient (Wildman–Crippen LogP) is 1.71. The molecule has 1 rings (SSSR count). The summed E-state index contributed by atoms with van der Waals surface area (Å²) in [5.41, 5.74) is 4.96. The summed E-state index contributed by atoms with van der Waals surface area (Å²) in [6.45, 7) is 5.68. The minimum atomic E-state index is -0.546. The standard InChI is InChI=1S/C12H24N2O3/c1-4-9(2)17-11(15)14-13-10-5-7-12(3,16)8-6-10/h9-10,13,16H,4-8H2,1-3H3,(H,14,15). The van der Waals surface area contributed by atoms with Crippen molar-refractivity contribution >= 4 is 6.09 Å². The quantitative estimate of drug-likeness (QED) is 0.658. The number of nitrogens with one attached hydrogen (secondary N) is 2. The summed E-state index contributed by atoms with van der Waals surface area (Å²) in [5, 5.41) is 9.78. The van der Waals surface area contributed by atoms with Gasteiger partial charge in [0.15, 0.2) is 0 Å². The largest absolute Gasteiger partial charge is 0.446 e. The predicted molar refractivity (Wildman–Crippen MR) is 65.4 cm³/mol. The Morgan fingerprint density at radius 3 is 2.65 bits per heavy atom. The lowest BCUT2D eigenvalue weighted by Gasteiger charge is -2.33. The average molecular weight is 244 g/mol. The molecular weight excluding hydrogens is 220 g/mol. The molecule has 1 amide bonds. The van der Waals surface area contributed by atoms with E-state index < -0.39 is 11.7 Å². The van der Waals surface area contributed by atoms with E-state index in [0.29, 0.717) is 0 Å². The van der Waals surface area contributed by atoms with Gasteiger partial charge in [0.1, 0.15) is 6.10 Å². The monoisotopic (exact) mass is 244 g/mol. The van der Waals surface area contributed by atoms with Gasteiger partial charge in [-0.05, 0) is 46.0 Å². The van der Waals surface area contributed by atoms with Crippen LogP contribution in [-0.2, 0) is 4.74 Å². The number of hydrogen-bond donors (Lipinski definition) is 3. The van der Waals surface area contributed by atoms with Crippen molar-refractivity contribution in [3.05, 3.63) is 0 Å². The maximum absolute atomic E-state index is 11.3. The number of carbonyl (C=O) groups excluding carboxylic acids is 1. The van der Waals surface area contributed by atoms with E-state index in [1.807, 2.05) is 20.8 Å². The van der Waals surface area contributed by atoms with E-state index in [4.69, 9.17) is 4.74 Å². The van der Waals surface area contributed by atoms with Crippen LogP contribution >= 0.6 is 0 Å². The lowest BCUT2D eigenvalue weighted by Crippen LogP contribution is -2.48. The van der Waals surface area contributed by atoms with E-state index in [2.05, 4.69) is 10.9 Å². The number of aliphatic hydroxyl groups is 1. The number of hydrogen-bond acceptors (Lipinski definition) is 4. The number of rotatable bonds is 4. The van der Waals surface area contributed by atoms with Crippen LogP contribution in [0.25, 0.3) is 0 Å². The molecule has 0 aliphatic heterocycles. The van der Waals surface area contributed by atoms with Crippen LogP contribution in [0.4, 0.5) is 4.79 Å². The minimum Gasteiger partial charge on any atom is -0.446 e. The Bertz CT molecular complexity index is 246. The average Bonchev–Trinajstić information content (AvgIpc) is 2.27. The number of hydrazine groups is 1. The summed E-state index contributed by atoms with van der Waals surface area (Å²) in [7, 11) is 0. The second kappa shape index (κ2) is 6.21. The molecule has 0 spiro atoms. The molecular formula is C12H24N2O3. The molecule has 5 nitrogen and oxygen atoms in total. The first kappa shape index (κ1) is 14.3. The molecule has 1 atom stereocenters. The molecule has 17 heavy (non-hydrogen) atoms. The van der Waals surface area contributed by atoms with Crippen LogP contribution in [0.5, 0.6) is 0 Å². The highest BCUT2D eigenvalue weighted by molar-refractivity contribution is 5.66. The van der Waals surface area contributed by atoms with Gasteiger partial charge in [0, 0.05) is 6.04 Å². The van der Waals surface area contributed by atoms with Crippen molar-refractivity contribution in [1.82, 2.24) is 10.9 Å². The Morgan fingerprint density at radius 2 is 2.12 bits per heavy atom. The van der Waals surface area contributed by atoms with Gasteiger partial charge in [-0.1, -0.05) is 6.92 Å². The number of ether oxygens (including phenoxy) is 1. The van der Waals surface area contributed by atoms with Crippen LogP contribution < -0.4 is 10.9 Å². The first-order valence-electron chi connectivity index (χ1n) is 6.37.